The van der Waals surface area contributed by atoms with Gasteiger partial charge in [-0.2, -0.15) is 0 Å². The Bertz CT molecular complexity index is 1100. The maximum atomic E-state index is 14.4. The molecule has 0 radical (unpaired) electrons. The second kappa shape index (κ2) is 11.6. The average Bonchev–Trinajstić information content (AvgIpc) is 3.21. The predicted octanol–water partition coefficient (Wildman–Crippen LogP) is 4.33. The first kappa shape index (κ1) is 23.6. The summed E-state index contributed by atoms with van der Waals surface area (Å²) in [6, 6.07) is 8.49. The second-order valence-electron chi connectivity index (χ2n) is 7.06. The SMILES string of the molecule is CNc1ccc(Oc2ccnc3cc(C(=N/C=C/CNCCOC)N(C)C)sc23)c(F)c1. The Balaban J connectivity index is 1.83. The molecule has 7 nitrogen and oxygen atoms in total. The molecule has 0 amide bonds. The van der Waals surface area contributed by atoms with Crippen LogP contribution in [0, 0.1) is 5.82 Å². The molecule has 0 aliphatic carbocycles. The second-order valence-corrected chi connectivity index (χ2v) is 8.11. The number of nitrogens with zero attached hydrogens (tertiary/aromatic N) is 3. The molecule has 3 aromatic rings. The van der Waals surface area contributed by atoms with Crippen LogP contribution in [0.3, 0.4) is 0 Å². The van der Waals surface area contributed by atoms with Gasteiger partial charge >= 0.3 is 0 Å². The van der Waals surface area contributed by atoms with Crippen LogP contribution >= 0.6 is 11.3 Å². The fraction of sp³-hybridized carbons (Fsp3) is 0.304. The van der Waals surface area contributed by atoms with Crippen LogP contribution in [0.2, 0.25) is 0 Å². The number of ether oxygens (including phenoxy) is 2. The molecule has 2 N–H and O–H groups in total. The third-order valence-electron chi connectivity index (χ3n) is 4.51. The number of fused-ring (bicyclic) bond motifs is 1. The van der Waals surface area contributed by atoms with Crippen molar-refractivity contribution in [2.75, 3.05) is 53.3 Å². The van der Waals surface area contributed by atoms with Crippen molar-refractivity contribution in [2.24, 2.45) is 4.99 Å². The van der Waals surface area contributed by atoms with Crippen LogP contribution in [0.5, 0.6) is 11.5 Å². The first-order valence-corrected chi connectivity index (χ1v) is 11.0. The summed E-state index contributed by atoms with van der Waals surface area (Å²) in [6.07, 6.45) is 5.39. The maximum Gasteiger partial charge on any atom is 0.167 e. The van der Waals surface area contributed by atoms with E-state index in [0.717, 1.165) is 27.5 Å². The molecule has 0 fully saturated rings. The van der Waals surface area contributed by atoms with Crippen LogP contribution in [-0.2, 0) is 4.74 Å². The van der Waals surface area contributed by atoms with Crippen LogP contribution in [0.15, 0.2) is 53.8 Å². The Kier molecular flexibility index (Phi) is 8.55. The first-order chi connectivity index (χ1) is 15.5. The van der Waals surface area contributed by atoms with Gasteiger partial charge in [0, 0.05) is 71.6 Å². The molecular weight excluding hydrogens is 429 g/mol. The van der Waals surface area contributed by atoms with Gasteiger partial charge in [0.25, 0.3) is 0 Å². The minimum atomic E-state index is -0.432. The van der Waals surface area contributed by atoms with Gasteiger partial charge in [-0.25, -0.2) is 9.38 Å². The van der Waals surface area contributed by atoms with E-state index in [-0.39, 0.29) is 5.75 Å². The molecule has 9 heteroatoms. The number of anilines is 1. The molecule has 0 saturated carbocycles. The summed E-state index contributed by atoms with van der Waals surface area (Å²) >= 11 is 1.51. The number of hydrogen-bond donors (Lipinski definition) is 2. The van der Waals surface area contributed by atoms with Gasteiger partial charge in [-0.1, -0.05) is 6.08 Å². The normalized spacial score (nSPS) is 12.0. The van der Waals surface area contributed by atoms with Crippen molar-refractivity contribution >= 4 is 33.1 Å². The molecule has 0 spiro atoms. The molecule has 0 unspecified atom stereocenters. The summed E-state index contributed by atoms with van der Waals surface area (Å²) in [5.41, 5.74) is 1.46. The Morgan fingerprint density at radius 2 is 2.09 bits per heavy atom. The highest BCUT2D eigenvalue weighted by atomic mass is 32.1. The van der Waals surface area contributed by atoms with E-state index in [1.54, 1.807) is 44.8 Å². The highest BCUT2D eigenvalue weighted by Crippen LogP contribution is 2.36. The number of benzene rings is 1. The standard InChI is InChI=1S/C23H28FN5O2S/c1-25-16-6-7-19(17(24)14-16)31-20-8-11-27-18-15-21(32-22(18)20)23(29(2)3)28-10-5-9-26-12-13-30-4/h5-8,10-11,14-15,25-26H,9,12-13H2,1-4H3/b10-5+,28-23?. The van der Waals surface area contributed by atoms with E-state index in [1.807, 2.05) is 31.1 Å². The molecule has 32 heavy (non-hydrogen) atoms. The number of hydrogen-bond acceptors (Lipinski definition) is 7. The summed E-state index contributed by atoms with van der Waals surface area (Å²) in [4.78, 5) is 12.0. The molecule has 0 saturated heterocycles. The number of nitrogens with one attached hydrogen (secondary N) is 2. The van der Waals surface area contributed by atoms with Gasteiger partial charge in [0.1, 0.15) is 11.6 Å². The van der Waals surface area contributed by atoms with Crippen molar-refractivity contribution in [1.82, 2.24) is 15.2 Å². The Hall–Kier alpha value is -3.01. The number of pyridine rings is 1. The Morgan fingerprint density at radius 3 is 2.81 bits per heavy atom. The fourth-order valence-corrected chi connectivity index (χ4v) is 4.04. The number of rotatable bonds is 10. The lowest BCUT2D eigenvalue weighted by Gasteiger charge is -2.13. The smallest absolute Gasteiger partial charge is 0.167 e. The topological polar surface area (TPSA) is 71.0 Å². The summed E-state index contributed by atoms with van der Waals surface area (Å²) in [5.74, 6) is 1.09. The number of amidine groups is 1. The molecule has 0 atom stereocenters. The van der Waals surface area contributed by atoms with E-state index in [4.69, 9.17) is 9.47 Å². The van der Waals surface area contributed by atoms with Gasteiger partial charge in [0.15, 0.2) is 11.6 Å². The highest BCUT2D eigenvalue weighted by molar-refractivity contribution is 7.21. The number of methoxy groups -OCH3 is 1. The summed E-state index contributed by atoms with van der Waals surface area (Å²) in [6.45, 7) is 2.16. The molecule has 2 heterocycles. The highest BCUT2D eigenvalue weighted by Gasteiger charge is 2.15. The maximum absolute atomic E-state index is 14.4. The van der Waals surface area contributed by atoms with Crippen molar-refractivity contribution in [1.29, 1.82) is 0 Å². The lowest BCUT2D eigenvalue weighted by molar-refractivity contribution is 0.200. The third-order valence-corrected chi connectivity index (χ3v) is 5.64. The molecule has 2 aromatic heterocycles. The van der Waals surface area contributed by atoms with Crippen LogP contribution in [0.4, 0.5) is 10.1 Å². The van der Waals surface area contributed by atoms with Crippen molar-refractivity contribution in [3.63, 3.8) is 0 Å². The molecular formula is C23H28FN5O2S. The van der Waals surface area contributed by atoms with Crippen LogP contribution in [0.1, 0.15) is 4.88 Å². The molecule has 0 aliphatic rings. The average molecular weight is 458 g/mol. The number of thiophene rings is 1. The van der Waals surface area contributed by atoms with Gasteiger partial charge in [0.05, 0.1) is 21.7 Å². The van der Waals surface area contributed by atoms with E-state index >= 15 is 0 Å². The van der Waals surface area contributed by atoms with Gasteiger partial charge in [-0.3, -0.25) is 4.98 Å². The zero-order valence-corrected chi connectivity index (χ0v) is 19.5. The Labute approximate surface area is 191 Å². The van der Waals surface area contributed by atoms with Gasteiger partial charge in [0.2, 0.25) is 0 Å². The van der Waals surface area contributed by atoms with Crippen LogP contribution in [-0.4, -0.2) is 63.7 Å². The minimum absolute atomic E-state index is 0.164. The van der Waals surface area contributed by atoms with Crippen molar-refractivity contribution < 1.29 is 13.9 Å². The fourth-order valence-electron chi connectivity index (χ4n) is 2.90. The molecule has 3 rings (SSSR count). The Morgan fingerprint density at radius 1 is 1.25 bits per heavy atom. The molecule has 0 bridgehead atoms. The monoisotopic (exact) mass is 457 g/mol. The first-order valence-electron chi connectivity index (χ1n) is 10.2. The van der Waals surface area contributed by atoms with Crippen molar-refractivity contribution in [3.05, 3.63) is 59.5 Å². The lowest BCUT2D eigenvalue weighted by atomic mass is 10.3. The van der Waals surface area contributed by atoms with E-state index < -0.39 is 5.82 Å². The summed E-state index contributed by atoms with van der Waals surface area (Å²) < 4.78 is 26.2. The summed E-state index contributed by atoms with van der Waals surface area (Å²) in [5, 5.41) is 6.15. The third kappa shape index (κ3) is 6.03. The van der Waals surface area contributed by atoms with E-state index in [9.17, 15) is 4.39 Å². The van der Waals surface area contributed by atoms with Gasteiger partial charge in [-0.05, 0) is 18.2 Å². The molecule has 1 aromatic carbocycles. The van der Waals surface area contributed by atoms with E-state index in [1.165, 1.54) is 17.4 Å². The van der Waals surface area contributed by atoms with Gasteiger partial charge < -0.3 is 25.0 Å². The predicted molar refractivity (Wildman–Crippen MR) is 130 cm³/mol. The van der Waals surface area contributed by atoms with Crippen LogP contribution < -0.4 is 15.4 Å². The van der Waals surface area contributed by atoms with Crippen molar-refractivity contribution in [3.8, 4) is 11.5 Å². The van der Waals surface area contributed by atoms with Crippen LogP contribution in [0.25, 0.3) is 10.2 Å². The molecule has 170 valence electrons. The largest absolute Gasteiger partial charge is 0.453 e. The number of aliphatic imine (C=N–C) groups is 1. The zero-order valence-electron chi connectivity index (χ0n) is 18.7. The van der Waals surface area contributed by atoms with Gasteiger partial charge in [-0.15, -0.1) is 11.3 Å². The zero-order chi connectivity index (χ0) is 22.9. The van der Waals surface area contributed by atoms with E-state index in [0.29, 0.717) is 24.6 Å². The lowest BCUT2D eigenvalue weighted by Crippen LogP contribution is -2.22. The molecule has 0 aliphatic heterocycles. The quantitative estimate of drug-likeness (QED) is 0.268. The number of aromatic nitrogens is 1. The minimum Gasteiger partial charge on any atom is -0.453 e. The van der Waals surface area contributed by atoms with Crippen molar-refractivity contribution in [2.45, 2.75) is 0 Å². The summed E-state index contributed by atoms with van der Waals surface area (Å²) in [7, 11) is 7.30. The van der Waals surface area contributed by atoms with E-state index in [2.05, 4.69) is 20.6 Å². The number of halogens is 1.